The number of hydrogen-bond donors (Lipinski definition) is 2. The summed E-state index contributed by atoms with van der Waals surface area (Å²) in [5, 5.41) is 5.78. The van der Waals surface area contributed by atoms with E-state index < -0.39 is 15.1 Å². The van der Waals surface area contributed by atoms with E-state index in [9.17, 15) is 13.2 Å². The highest BCUT2D eigenvalue weighted by Crippen LogP contribution is 2.25. The number of carbonyl (C=O) groups excluding carboxylic acids is 1. The van der Waals surface area contributed by atoms with Crippen LogP contribution in [0.3, 0.4) is 0 Å². The molecule has 0 aliphatic carbocycles. The van der Waals surface area contributed by atoms with Crippen LogP contribution in [0.25, 0.3) is 0 Å². The Bertz CT molecular complexity index is 659. The van der Waals surface area contributed by atoms with Gasteiger partial charge in [-0.3, -0.25) is 0 Å². The second-order valence-corrected chi connectivity index (χ2v) is 9.46. The van der Waals surface area contributed by atoms with Gasteiger partial charge in [0.05, 0.1) is 11.0 Å². The zero-order chi connectivity index (χ0) is 17.7. The lowest BCUT2D eigenvalue weighted by Gasteiger charge is -2.22. The Morgan fingerprint density at radius 2 is 1.92 bits per heavy atom. The molecule has 1 aliphatic rings. The van der Waals surface area contributed by atoms with Gasteiger partial charge in [-0.2, -0.15) is 0 Å². The zero-order valence-electron chi connectivity index (χ0n) is 14.1. The van der Waals surface area contributed by atoms with Gasteiger partial charge in [-0.05, 0) is 36.5 Å². The average Bonchev–Trinajstić information content (AvgIpc) is 2.85. The van der Waals surface area contributed by atoms with Crippen molar-refractivity contribution >= 4 is 27.5 Å². The standard InChI is InChI=1S/C17H25ClN2O3S/c1-12(2)16(13-5-7-14(18)8-6-13)11-20-17(21)19-10-15-4-3-9-24(15,22)23/h5-8,12,15-16H,3-4,9-11H2,1-2H3,(H2,19,20,21). The minimum absolute atomic E-state index is 0.170. The summed E-state index contributed by atoms with van der Waals surface area (Å²) in [6, 6.07) is 7.31. The van der Waals surface area contributed by atoms with Gasteiger partial charge in [0.1, 0.15) is 0 Å². The van der Waals surface area contributed by atoms with Crippen molar-refractivity contribution in [3.8, 4) is 0 Å². The maximum Gasteiger partial charge on any atom is 0.314 e. The van der Waals surface area contributed by atoms with Crippen molar-refractivity contribution < 1.29 is 13.2 Å². The van der Waals surface area contributed by atoms with Crippen LogP contribution in [0.4, 0.5) is 4.79 Å². The highest BCUT2D eigenvalue weighted by atomic mass is 35.5. The van der Waals surface area contributed by atoms with E-state index in [1.165, 1.54) is 0 Å². The minimum Gasteiger partial charge on any atom is -0.338 e. The van der Waals surface area contributed by atoms with Gasteiger partial charge >= 0.3 is 6.03 Å². The third-order valence-electron chi connectivity index (χ3n) is 4.54. The van der Waals surface area contributed by atoms with Crippen LogP contribution in [0, 0.1) is 5.92 Å². The van der Waals surface area contributed by atoms with E-state index in [0.717, 1.165) is 5.56 Å². The third-order valence-corrected chi connectivity index (χ3v) is 7.07. The van der Waals surface area contributed by atoms with Crippen LogP contribution in [-0.2, 0) is 9.84 Å². The van der Waals surface area contributed by atoms with E-state index in [-0.39, 0.29) is 24.2 Å². The molecule has 2 N–H and O–H groups in total. The van der Waals surface area contributed by atoms with Crippen molar-refractivity contribution in [2.75, 3.05) is 18.8 Å². The first-order valence-corrected chi connectivity index (χ1v) is 10.4. The molecule has 7 heteroatoms. The minimum atomic E-state index is -3.03. The van der Waals surface area contributed by atoms with Gasteiger partial charge in [0, 0.05) is 24.0 Å². The molecular weight excluding hydrogens is 348 g/mol. The lowest BCUT2D eigenvalue weighted by molar-refractivity contribution is 0.239. The smallest absolute Gasteiger partial charge is 0.314 e. The Morgan fingerprint density at radius 1 is 1.25 bits per heavy atom. The van der Waals surface area contributed by atoms with E-state index in [2.05, 4.69) is 24.5 Å². The predicted molar refractivity (Wildman–Crippen MR) is 97.2 cm³/mol. The predicted octanol–water partition coefficient (Wildman–Crippen LogP) is 2.96. The van der Waals surface area contributed by atoms with Gasteiger partial charge in [0.25, 0.3) is 0 Å². The SMILES string of the molecule is CC(C)C(CNC(=O)NCC1CCCS1(=O)=O)c1ccc(Cl)cc1. The van der Waals surface area contributed by atoms with Gasteiger partial charge in [0.2, 0.25) is 0 Å². The summed E-state index contributed by atoms with van der Waals surface area (Å²) in [5.41, 5.74) is 1.12. The molecule has 1 saturated heterocycles. The molecular formula is C17H25ClN2O3S. The monoisotopic (exact) mass is 372 g/mol. The molecule has 0 radical (unpaired) electrons. The molecule has 1 fully saturated rings. The fourth-order valence-corrected chi connectivity index (χ4v) is 4.90. The van der Waals surface area contributed by atoms with Crippen LogP contribution in [0.5, 0.6) is 0 Å². The van der Waals surface area contributed by atoms with E-state index in [0.29, 0.717) is 30.3 Å². The van der Waals surface area contributed by atoms with E-state index in [4.69, 9.17) is 11.6 Å². The number of benzene rings is 1. The largest absolute Gasteiger partial charge is 0.338 e. The fraction of sp³-hybridized carbons (Fsp3) is 0.588. The summed E-state index contributed by atoms with van der Waals surface area (Å²) in [5.74, 6) is 0.748. The van der Waals surface area contributed by atoms with Crippen molar-refractivity contribution in [1.82, 2.24) is 10.6 Å². The summed E-state index contributed by atoms with van der Waals surface area (Å²) < 4.78 is 23.5. The first kappa shape index (κ1) is 19.1. The summed E-state index contributed by atoms with van der Waals surface area (Å²) in [4.78, 5) is 12.0. The Labute approximate surface area is 149 Å². The molecule has 2 amide bonds. The number of rotatable bonds is 6. The molecule has 2 unspecified atom stereocenters. The lowest BCUT2D eigenvalue weighted by atomic mass is 9.88. The summed E-state index contributed by atoms with van der Waals surface area (Å²) in [6.07, 6.45) is 1.31. The van der Waals surface area contributed by atoms with Gasteiger partial charge in [0.15, 0.2) is 9.84 Å². The first-order chi connectivity index (χ1) is 11.3. The second kappa shape index (κ2) is 8.21. The molecule has 1 aromatic carbocycles. The van der Waals surface area contributed by atoms with Crippen LogP contribution >= 0.6 is 11.6 Å². The molecule has 24 heavy (non-hydrogen) atoms. The number of hydrogen-bond acceptors (Lipinski definition) is 3. The number of urea groups is 1. The van der Waals surface area contributed by atoms with E-state index >= 15 is 0 Å². The van der Waals surface area contributed by atoms with Gasteiger partial charge in [-0.15, -0.1) is 0 Å². The van der Waals surface area contributed by atoms with Crippen LogP contribution < -0.4 is 10.6 Å². The average molecular weight is 373 g/mol. The Balaban J connectivity index is 1.85. The third kappa shape index (κ3) is 5.11. The molecule has 2 rings (SSSR count). The molecule has 1 heterocycles. The van der Waals surface area contributed by atoms with Gasteiger partial charge < -0.3 is 10.6 Å². The highest BCUT2D eigenvalue weighted by molar-refractivity contribution is 7.92. The quantitative estimate of drug-likeness (QED) is 0.806. The number of halogens is 1. The van der Waals surface area contributed by atoms with E-state index in [1.54, 1.807) is 0 Å². The normalized spacial score (nSPS) is 20.8. The van der Waals surface area contributed by atoms with Crippen LogP contribution in [0.1, 0.15) is 38.2 Å². The fourth-order valence-electron chi connectivity index (χ4n) is 3.01. The number of sulfone groups is 1. The molecule has 1 aromatic rings. The van der Waals surface area contributed by atoms with Crippen molar-refractivity contribution in [3.05, 3.63) is 34.9 Å². The molecule has 0 bridgehead atoms. The van der Waals surface area contributed by atoms with Crippen molar-refractivity contribution in [2.45, 2.75) is 37.9 Å². The molecule has 0 saturated carbocycles. The maximum absolute atomic E-state index is 12.0. The number of nitrogens with one attached hydrogen (secondary N) is 2. The summed E-state index contributed by atoms with van der Waals surface area (Å²) in [6.45, 7) is 4.87. The zero-order valence-corrected chi connectivity index (χ0v) is 15.7. The van der Waals surface area contributed by atoms with E-state index in [1.807, 2.05) is 24.3 Å². The van der Waals surface area contributed by atoms with Gasteiger partial charge in [-0.1, -0.05) is 37.6 Å². The molecule has 134 valence electrons. The lowest BCUT2D eigenvalue weighted by Crippen LogP contribution is -2.42. The highest BCUT2D eigenvalue weighted by Gasteiger charge is 2.31. The molecule has 5 nitrogen and oxygen atoms in total. The first-order valence-electron chi connectivity index (χ1n) is 8.28. The molecule has 0 spiro atoms. The second-order valence-electron chi connectivity index (χ2n) is 6.62. The Kier molecular flexibility index (Phi) is 6.52. The maximum atomic E-state index is 12.0. The molecule has 1 aliphatic heterocycles. The summed E-state index contributed by atoms with van der Waals surface area (Å²) in [7, 11) is -3.03. The number of carbonyl (C=O) groups is 1. The van der Waals surface area contributed by atoms with Crippen LogP contribution in [0.15, 0.2) is 24.3 Å². The number of amides is 2. The van der Waals surface area contributed by atoms with Gasteiger partial charge in [-0.25, -0.2) is 13.2 Å². The Hall–Kier alpha value is -1.27. The van der Waals surface area contributed by atoms with Crippen molar-refractivity contribution in [1.29, 1.82) is 0 Å². The topological polar surface area (TPSA) is 75.3 Å². The summed E-state index contributed by atoms with van der Waals surface area (Å²) >= 11 is 5.92. The van der Waals surface area contributed by atoms with Crippen molar-refractivity contribution in [2.24, 2.45) is 5.92 Å². The van der Waals surface area contributed by atoms with Crippen molar-refractivity contribution in [3.63, 3.8) is 0 Å². The van der Waals surface area contributed by atoms with Crippen LogP contribution in [-0.4, -0.2) is 38.5 Å². The Morgan fingerprint density at radius 3 is 2.46 bits per heavy atom. The van der Waals surface area contributed by atoms with Crippen LogP contribution in [0.2, 0.25) is 5.02 Å². The molecule has 0 aromatic heterocycles. The molecule has 2 atom stereocenters.